The summed E-state index contributed by atoms with van der Waals surface area (Å²) in [5.74, 6) is -0.0774. The molecule has 4 aromatic rings. The number of carbonyl (C=O) groups excluding carboxylic acids is 1. The van der Waals surface area contributed by atoms with E-state index < -0.39 is 0 Å². The zero-order chi connectivity index (χ0) is 20.2. The summed E-state index contributed by atoms with van der Waals surface area (Å²) in [5.41, 5.74) is 2.86. The van der Waals surface area contributed by atoms with Gasteiger partial charge in [0.2, 0.25) is 5.91 Å². The molecule has 1 N–H and O–H groups in total. The number of hydrogen-bond donors (Lipinski definition) is 1. The van der Waals surface area contributed by atoms with Crippen LogP contribution >= 0.6 is 27.3 Å². The second-order valence-electron chi connectivity index (χ2n) is 6.29. The Labute approximate surface area is 179 Å². The van der Waals surface area contributed by atoms with Crippen molar-refractivity contribution in [1.82, 2.24) is 9.97 Å². The van der Waals surface area contributed by atoms with E-state index in [2.05, 4.69) is 26.2 Å². The van der Waals surface area contributed by atoms with Gasteiger partial charge in [-0.15, -0.1) is 11.3 Å². The summed E-state index contributed by atoms with van der Waals surface area (Å²) in [4.78, 5) is 22.6. The van der Waals surface area contributed by atoms with Crippen LogP contribution in [-0.4, -0.2) is 15.9 Å². The van der Waals surface area contributed by atoms with Gasteiger partial charge in [-0.3, -0.25) is 4.79 Å². The Morgan fingerprint density at radius 2 is 1.83 bits per heavy atom. The fourth-order valence-corrected chi connectivity index (χ4v) is 3.77. The number of hydrogen-bond acceptors (Lipinski definition) is 4. The maximum absolute atomic E-state index is 13.2. The SMILES string of the molecule is O=C(Cc1ccc(Br)cc1)Nc1ncc(-c2ccc(F)cc2)nc1-c1cccs1. The maximum Gasteiger partial charge on any atom is 0.230 e. The van der Waals surface area contributed by atoms with E-state index in [0.29, 0.717) is 17.2 Å². The van der Waals surface area contributed by atoms with Crippen molar-refractivity contribution < 1.29 is 9.18 Å². The molecule has 2 aromatic heterocycles. The third-order valence-electron chi connectivity index (χ3n) is 4.20. The number of nitrogens with zero attached hydrogens (tertiary/aromatic N) is 2. The topological polar surface area (TPSA) is 54.9 Å². The Kier molecular flexibility index (Phi) is 5.78. The second-order valence-corrected chi connectivity index (χ2v) is 8.15. The minimum absolute atomic E-state index is 0.172. The molecule has 0 aliphatic carbocycles. The Morgan fingerprint density at radius 3 is 2.52 bits per heavy atom. The molecule has 1 amide bonds. The zero-order valence-corrected chi connectivity index (χ0v) is 17.5. The standard InChI is InChI=1S/C22H15BrFN3OS/c23-16-7-3-14(4-8-16)12-20(28)27-22-21(19-2-1-11-29-19)26-18(13-25-22)15-5-9-17(24)10-6-15/h1-11,13H,12H2,(H,25,27,28). The number of carbonyl (C=O) groups is 1. The summed E-state index contributed by atoms with van der Waals surface area (Å²) in [6.07, 6.45) is 1.82. The molecule has 0 spiro atoms. The number of thiophene rings is 1. The molecule has 0 radical (unpaired) electrons. The van der Waals surface area contributed by atoms with Crippen molar-refractivity contribution >= 4 is 39.0 Å². The molecule has 4 nitrogen and oxygen atoms in total. The zero-order valence-electron chi connectivity index (χ0n) is 15.1. The molecule has 144 valence electrons. The highest BCUT2D eigenvalue weighted by Crippen LogP contribution is 2.31. The van der Waals surface area contributed by atoms with Gasteiger partial charge in [0.25, 0.3) is 0 Å². The van der Waals surface area contributed by atoms with Crippen LogP contribution in [0.4, 0.5) is 10.2 Å². The first-order valence-corrected chi connectivity index (χ1v) is 10.5. The first-order valence-electron chi connectivity index (χ1n) is 8.79. The van der Waals surface area contributed by atoms with Gasteiger partial charge >= 0.3 is 0 Å². The van der Waals surface area contributed by atoms with Gasteiger partial charge in [0.05, 0.1) is 23.2 Å². The molecule has 0 saturated carbocycles. The molecule has 2 aromatic carbocycles. The van der Waals surface area contributed by atoms with Gasteiger partial charge in [0, 0.05) is 10.0 Å². The molecular weight excluding hydrogens is 453 g/mol. The van der Waals surface area contributed by atoms with E-state index >= 15 is 0 Å². The van der Waals surface area contributed by atoms with Crippen LogP contribution < -0.4 is 5.32 Å². The van der Waals surface area contributed by atoms with Gasteiger partial charge in [-0.05, 0) is 53.4 Å². The molecule has 0 saturated heterocycles. The molecular formula is C22H15BrFN3OS. The van der Waals surface area contributed by atoms with Crippen molar-refractivity contribution in [3.05, 3.63) is 88.1 Å². The van der Waals surface area contributed by atoms with Gasteiger partial charge in [-0.2, -0.15) is 0 Å². The Balaban J connectivity index is 1.62. The summed E-state index contributed by atoms with van der Waals surface area (Å²) in [7, 11) is 0. The van der Waals surface area contributed by atoms with Crippen LogP contribution in [0, 0.1) is 5.82 Å². The molecule has 0 fully saturated rings. The van der Waals surface area contributed by atoms with Gasteiger partial charge in [0.15, 0.2) is 5.82 Å². The molecule has 0 aliphatic rings. The van der Waals surface area contributed by atoms with Gasteiger partial charge in [-0.25, -0.2) is 14.4 Å². The summed E-state index contributed by atoms with van der Waals surface area (Å²) in [6.45, 7) is 0. The first kappa shape index (κ1) is 19.4. The van der Waals surface area contributed by atoms with E-state index in [1.807, 2.05) is 41.8 Å². The molecule has 0 aliphatic heterocycles. The van der Waals surface area contributed by atoms with Crippen molar-refractivity contribution in [3.8, 4) is 21.8 Å². The fourth-order valence-electron chi connectivity index (χ4n) is 2.79. The van der Waals surface area contributed by atoms with Crippen molar-refractivity contribution in [3.63, 3.8) is 0 Å². The number of nitrogens with one attached hydrogen (secondary N) is 1. The normalized spacial score (nSPS) is 10.7. The van der Waals surface area contributed by atoms with Crippen LogP contribution in [0.1, 0.15) is 5.56 Å². The smallest absolute Gasteiger partial charge is 0.230 e. The van der Waals surface area contributed by atoms with E-state index in [0.717, 1.165) is 20.5 Å². The fraction of sp³-hybridized carbons (Fsp3) is 0.0455. The van der Waals surface area contributed by atoms with Crippen molar-refractivity contribution in [2.75, 3.05) is 5.32 Å². The number of halogens is 2. The van der Waals surface area contributed by atoms with Gasteiger partial charge in [-0.1, -0.05) is 34.1 Å². The number of anilines is 1. The first-order chi connectivity index (χ1) is 14.1. The third-order valence-corrected chi connectivity index (χ3v) is 5.61. The largest absolute Gasteiger partial charge is 0.309 e. The lowest BCUT2D eigenvalue weighted by Gasteiger charge is -2.11. The van der Waals surface area contributed by atoms with Crippen LogP contribution in [0.3, 0.4) is 0 Å². The molecule has 0 atom stereocenters. The van der Waals surface area contributed by atoms with Crippen molar-refractivity contribution in [2.24, 2.45) is 0 Å². The average molecular weight is 468 g/mol. The lowest BCUT2D eigenvalue weighted by molar-refractivity contribution is -0.115. The minimum Gasteiger partial charge on any atom is -0.309 e. The minimum atomic E-state index is -0.308. The van der Waals surface area contributed by atoms with E-state index in [4.69, 9.17) is 4.98 Å². The quantitative estimate of drug-likeness (QED) is 0.394. The van der Waals surface area contributed by atoms with Crippen LogP contribution in [0.15, 0.2) is 76.7 Å². The van der Waals surface area contributed by atoms with Crippen LogP contribution in [0.2, 0.25) is 0 Å². The molecule has 4 rings (SSSR count). The van der Waals surface area contributed by atoms with Crippen LogP contribution in [0.25, 0.3) is 21.8 Å². The summed E-state index contributed by atoms with van der Waals surface area (Å²) >= 11 is 4.90. The van der Waals surface area contributed by atoms with Crippen molar-refractivity contribution in [2.45, 2.75) is 6.42 Å². The van der Waals surface area contributed by atoms with Crippen LogP contribution in [-0.2, 0) is 11.2 Å². The molecule has 2 heterocycles. The average Bonchev–Trinajstić information content (AvgIpc) is 3.25. The van der Waals surface area contributed by atoms with E-state index in [1.165, 1.54) is 23.5 Å². The second kappa shape index (κ2) is 8.63. The van der Waals surface area contributed by atoms with Crippen LogP contribution in [0.5, 0.6) is 0 Å². The number of benzene rings is 2. The lowest BCUT2D eigenvalue weighted by Crippen LogP contribution is -2.16. The summed E-state index contributed by atoms with van der Waals surface area (Å²) < 4.78 is 14.2. The van der Waals surface area contributed by atoms with Gasteiger partial charge in [0.1, 0.15) is 11.5 Å². The molecule has 0 bridgehead atoms. The Morgan fingerprint density at radius 1 is 1.07 bits per heavy atom. The monoisotopic (exact) mass is 467 g/mol. The highest BCUT2D eigenvalue weighted by atomic mass is 79.9. The highest BCUT2D eigenvalue weighted by molar-refractivity contribution is 9.10. The summed E-state index contributed by atoms with van der Waals surface area (Å²) in [5, 5.41) is 4.81. The van der Waals surface area contributed by atoms with Crippen molar-refractivity contribution in [1.29, 1.82) is 0 Å². The number of amides is 1. The third kappa shape index (κ3) is 4.75. The Bertz CT molecular complexity index is 1130. The van der Waals surface area contributed by atoms with E-state index in [9.17, 15) is 9.18 Å². The van der Waals surface area contributed by atoms with E-state index in [1.54, 1.807) is 18.3 Å². The number of aromatic nitrogens is 2. The molecule has 29 heavy (non-hydrogen) atoms. The molecule has 0 unspecified atom stereocenters. The predicted octanol–water partition coefficient (Wildman–Crippen LogP) is 5.95. The summed E-state index contributed by atoms with van der Waals surface area (Å²) in [6, 6.07) is 17.5. The molecule has 7 heteroatoms. The maximum atomic E-state index is 13.2. The van der Waals surface area contributed by atoms with Gasteiger partial charge < -0.3 is 5.32 Å². The Hall–Kier alpha value is -2.90. The number of rotatable bonds is 5. The predicted molar refractivity (Wildman–Crippen MR) is 117 cm³/mol. The lowest BCUT2D eigenvalue weighted by atomic mass is 10.1. The van der Waals surface area contributed by atoms with E-state index in [-0.39, 0.29) is 18.1 Å². The highest BCUT2D eigenvalue weighted by Gasteiger charge is 2.15.